The van der Waals surface area contributed by atoms with Crippen LogP contribution in [0.2, 0.25) is 0 Å². The predicted molar refractivity (Wildman–Crippen MR) is 89.7 cm³/mol. The SMILES string of the molecule is CN(Cc1ccccc1-c1nc(CCl)cs1)CC(C)(C)O. The first-order chi connectivity index (χ1) is 9.89. The number of alkyl halides is 1. The largest absolute Gasteiger partial charge is 0.389 e. The molecule has 114 valence electrons. The van der Waals surface area contributed by atoms with E-state index in [-0.39, 0.29) is 0 Å². The summed E-state index contributed by atoms with van der Waals surface area (Å²) in [4.78, 5) is 6.68. The second kappa shape index (κ2) is 6.88. The van der Waals surface area contributed by atoms with Crippen LogP contribution in [-0.2, 0) is 12.4 Å². The highest BCUT2D eigenvalue weighted by atomic mass is 35.5. The maximum Gasteiger partial charge on any atom is 0.123 e. The Balaban J connectivity index is 2.21. The lowest BCUT2D eigenvalue weighted by atomic mass is 10.1. The molecule has 0 saturated heterocycles. The minimum absolute atomic E-state index is 0.442. The second-order valence-corrected chi connectivity index (χ2v) is 7.04. The van der Waals surface area contributed by atoms with Gasteiger partial charge in [-0.15, -0.1) is 22.9 Å². The van der Waals surface area contributed by atoms with Gasteiger partial charge < -0.3 is 5.11 Å². The number of likely N-dealkylation sites (N-methyl/N-ethyl adjacent to an activating group) is 1. The van der Waals surface area contributed by atoms with Crippen molar-refractivity contribution in [2.24, 2.45) is 0 Å². The summed E-state index contributed by atoms with van der Waals surface area (Å²) in [6.45, 7) is 5.04. The lowest BCUT2D eigenvalue weighted by molar-refractivity contribution is 0.0425. The number of nitrogens with zero attached hydrogens (tertiary/aromatic N) is 2. The van der Waals surface area contributed by atoms with E-state index in [2.05, 4.69) is 22.0 Å². The summed E-state index contributed by atoms with van der Waals surface area (Å²) in [5.41, 5.74) is 2.56. The van der Waals surface area contributed by atoms with Crippen LogP contribution in [0.1, 0.15) is 25.1 Å². The third kappa shape index (κ3) is 4.78. The van der Waals surface area contributed by atoms with Crippen LogP contribution in [0, 0.1) is 0 Å². The molecule has 2 rings (SSSR count). The van der Waals surface area contributed by atoms with Crippen molar-refractivity contribution in [3.8, 4) is 10.6 Å². The molecule has 2 aromatic rings. The van der Waals surface area contributed by atoms with Gasteiger partial charge in [0.1, 0.15) is 5.01 Å². The van der Waals surface area contributed by atoms with Gasteiger partial charge in [-0.1, -0.05) is 24.3 Å². The summed E-state index contributed by atoms with van der Waals surface area (Å²) in [7, 11) is 2.01. The molecule has 5 heteroatoms. The van der Waals surface area contributed by atoms with Crippen LogP contribution in [-0.4, -0.2) is 34.2 Å². The Morgan fingerprint density at radius 3 is 2.67 bits per heavy atom. The molecule has 0 fully saturated rings. The Labute approximate surface area is 135 Å². The van der Waals surface area contributed by atoms with Crippen LogP contribution in [0.25, 0.3) is 10.6 Å². The number of hydrogen-bond donors (Lipinski definition) is 1. The van der Waals surface area contributed by atoms with Gasteiger partial charge >= 0.3 is 0 Å². The van der Waals surface area contributed by atoms with Crippen molar-refractivity contribution in [3.05, 3.63) is 40.9 Å². The third-order valence-corrected chi connectivity index (χ3v) is 4.23. The number of benzene rings is 1. The van der Waals surface area contributed by atoms with E-state index in [0.717, 1.165) is 22.8 Å². The fourth-order valence-corrected chi connectivity index (χ4v) is 3.47. The van der Waals surface area contributed by atoms with Gasteiger partial charge in [-0.25, -0.2) is 4.98 Å². The maximum absolute atomic E-state index is 9.92. The molecular formula is C16H21ClN2OS. The number of rotatable bonds is 6. The zero-order valence-corrected chi connectivity index (χ0v) is 14.2. The molecule has 0 atom stereocenters. The number of aromatic nitrogens is 1. The molecule has 1 heterocycles. The Morgan fingerprint density at radius 1 is 1.33 bits per heavy atom. The minimum atomic E-state index is -0.698. The van der Waals surface area contributed by atoms with E-state index < -0.39 is 5.60 Å². The molecule has 0 aliphatic rings. The van der Waals surface area contributed by atoms with E-state index in [1.165, 1.54) is 5.56 Å². The molecule has 0 aliphatic carbocycles. The van der Waals surface area contributed by atoms with Crippen LogP contribution in [0.4, 0.5) is 0 Å². The summed E-state index contributed by atoms with van der Waals surface area (Å²) in [5, 5.41) is 12.9. The van der Waals surface area contributed by atoms with Crippen LogP contribution >= 0.6 is 22.9 Å². The molecular weight excluding hydrogens is 304 g/mol. The molecule has 21 heavy (non-hydrogen) atoms. The van der Waals surface area contributed by atoms with Gasteiger partial charge in [0.15, 0.2) is 0 Å². The summed E-state index contributed by atoms with van der Waals surface area (Å²) in [6, 6.07) is 8.26. The molecule has 0 spiro atoms. The lowest BCUT2D eigenvalue weighted by Gasteiger charge is -2.26. The van der Waals surface area contributed by atoms with Crippen molar-refractivity contribution in [2.75, 3.05) is 13.6 Å². The first kappa shape index (κ1) is 16.4. The molecule has 0 unspecified atom stereocenters. The summed E-state index contributed by atoms with van der Waals surface area (Å²) in [5.74, 6) is 0.442. The highest BCUT2D eigenvalue weighted by Gasteiger charge is 2.17. The van der Waals surface area contributed by atoms with Crippen molar-refractivity contribution in [2.45, 2.75) is 31.9 Å². The van der Waals surface area contributed by atoms with Crippen molar-refractivity contribution in [1.29, 1.82) is 0 Å². The molecule has 1 N–H and O–H groups in total. The molecule has 0 aliphatic heterocycles. The number of aliphatic hydroxyl groups is 1. The minimum Gasteiger partial charge on any atom is -0.389 e. The van der Waals surface area contributed by atoms with Gasteiger partial charge in [-0.3, -0.25) is 4.90 Å². The average Bonchev–Trinajstić information content (AvgIpc) is 2.85. The molecule has 1 aromatic carbocycles. The Morgan fingerprint density at radius 2 is 2.05 bits per heavy atom. The zero-order chi connectivity index (χ0) is 15.5. The van der Waals surface area contributed by atoms with Crippen molar-refractivity contribution in [1.82, 2.24) is 9.88 Å². The first-order valence-corrected chi connectivity index (χ1v) is 8.30. The lowest BCUT2D eigenvalue weighted by Crippen LogP contribution is -2.35. The number of thiazole rings is 1. The second-order valence-electron chi connectivity index (χ2n) is 5.92. The molecule has 0 saturated carbocycles. The fraction of sp³-hybridized carbons (Fsp3) is 0.438. The fourth-order valence-electron chi connectivity index (χ4n) is 2.37. The molecule has 0 amide bonds. The number of hydrogen-bond acceptors (Lipinski definition) is 4. The van der Waals surface area contributed by atoms with E-state index in [0.29, 0.717) is 12.4 Å². The quantitative estimate of drug-likeness (QED) is 0.822. The van der Waals surface area contributed by atoms with Gasteiger partial charge in [0.05, 0.1) is 17.2 Å². The Bertz CT molecular complexity index is 592. The van der Waals surface area contributed by atoms with Crippen LogP contribution in [0.15, 0.2) is 29.6 Å². The Kier molecular flexibility index (Phi) is 5.38. The van der Waals surface area contributed by atoms with Gasteiger partial charge in [0, 0.05) is 24.0 Å². The molecule has 0 radical (unpaired) electrons. The highest BCUT2D eigenvalue weighted by molar-refractivity contribution is 7.13. The normalized spacial score (nSPS) is 12.1. The highest BCUT2D eigenvalue weighted by Crippen LogP contribution is 2.28. The van der Waals surface area contributed by atoms with Gasteiger partial charge in [-0.2, -0.15) is 0 Å². The molecule has 1 aromatic heterocycles. The number of halogens is 1. The smallest absolute Gasteiger partial charge is 0.123 e. The Hall–Kier alpha value is -0.940. The van der Waals surface area contributed by atoms with Gasteiger partial charge in [0.2, 0.25) is 0 Å². The van der Waals surface area contributed by atoms with Crippen molar-refractivity contribution >= 4 is 22.9 Å². The zero-order valence-electron chi connectivity index (χ0n) is 12.6. The summed E-state index contributed by atoms with van der Waals surface area (Å²) in [6.07, 6.45) is 0. The maximum atomic E-state index is 9.92. The van der Waals surface area contributed by atoms with Crippen molar-refractivity contribution in [3.63, 3.8) is 0 Å². The van der Waals surface area contributed by atoms with E-state index in [4.69, 9.17) is 11.6 Å². The summed E-state index contributed by atoms with van der Waals surface area (Å²) < 4.78 is 0. The predicted octanol–water partition coefficient (Wildman–Crippen LogP) is 3.75. The van der Waals surface area contributed by atoms with Crippen molar-refractivity contribution < 1.29 is 5.11 Å². The standard InChI is InChI=1S/C16H21ClN2OS/c1-16(2,20)11-19(3)9-12-6-4-5-7-14(12)15-18-13(8-17)10-21-15/h4-7,10,20H,8-9,11H2,1-3H3. The van der Waals surface area contributed by atoms with Gasteiger partial charge in [0.25, 0.3) is 0 Å². The van der Waals surface area contributed by atoms with E-state index >= 15 is 0 Å². The monoisotopic (exact) mass is 324 g/mol. The molecule has 3 nitrogen and oxygen atoms in total. The average molecular weight is 325 g/mol. The third-order valence-electron chi connectivity index (χ3n) is 3.03. The van der Waals surface area contributed by atoms with E-state index in [9.17, 15) is 5.11 Å². The van der Waals surface area contributed by atoms with E-state index in [1.54, 1.807) is 11.3 Å². The van der Waals surface area contributed by atoms with Crippen LogP contribution < -0.4 is 0 Å². The van der Waals surface area contributed by atoms with Gasteiger partial charge in [-0.05, 0) is 26.5 Å². The first-order valence-electron chi connectivity index (χ1n) is 6.88. The summed E-state index contributed by atoms with van der Waals surface area (Å²) >= 11 is 7.45. The van der Waals surface area contributed by atoms with Crippen LogP contribution in [0.3, 0.4) is 0 Å². The van der Waals surface area contributed by atoms with E-state index in [1.807, 2.05) is 38.4 Å². The topological polar surface area (TPSA) is 36.4 Å². The van der Waals surface area contributed by atoms with Crippen LogP contribution in [0.5, 0.6) is 0 Å². The molecule has 0 bridgehead atoms.